The zero-order valence-electron chi connectivity index (χ0n) is 11.7. The topological polar surface area (TPSA) is 94.0 Å². The third kappa shape index (κ3) is 2.50. The number of pyridine rings is 1. The van der Waals surface area contributed by atoms with Crippen LogP contribution in [0.2, 0.25) is 0 Å². The molecule has 1 amide bonds. The van der Waals surface area contributed by atoms with Gasteiger partial charge < -0.3 is 16.8 Å². The molecule has 5 heteroatoms. The summed E-state index contributed by atoms with van der Waals surface area (Å²) in [6.45, 7) is 0. The third-order valence-electron chi connectivity index (χ3n) is 4.46. The van der Waals surface area contributed by atoms with Gasteiger partial charge in [-0.05, 0) is 43.7 Å². The Hall–Kier alpha value is -1.62. The molecule has 1 aromatic heterocycles. The van der Waals surface area contributed by atoms with E-state index in [4.69, 9.17) is 11.5 Å². The van der Waals surface area contributed by atoms with Gasteiger partial charge in [0.2, 0.25) is 0 Å². The molecule has 1 fully saturated rings. The van der Waals surface area contributed by atoms with Crippen LogP contribution >= 0.6 is 0 Å². The van der Waals surface area contributed by atoms with Gasteiger partial charge in [-0.25, -0.2) is 4.98 Å². The minimum atomic E-state index is -0.418. The van der Waals surface area contributed by atoms with E-state index in [0.29, 0.717) is 11.4 Å². The van der Waals surface area contributed by atoms with Gasteiger partial charge >= 0.3 is 0 Å². The molecule has 5 nitrogen and oxygen atoms in total. The second-order valence-corrected chi connectivity index (χ2v) is 5.91. The molecule has 2 aliphatic carbocycles. The molecule has 1 aromatic rings. The Kier molecular flexibility index (Phi) is 3.61. The number of carbonyl (C=O) groups is 1. The highest BCUT2D eigenvalue weighted by Gasteiger charge is 2.25. The molecule has 1 heterocycles. The monoisotopic (exact) mass is 274 g/mol. The fourth-order valence-corrected chi connectivity index (χ4v) is 3.28. The fraction of sp³-hybridized carbons (Fsp3) is 0.600. The molecule has 0 spiro atoms. The predicted molar refractivity (Wildman–Crippen MR) is 78.6 cm³/mol. The predicted octanol–water partition coefficient (Wildman–Crippen LogP) is 1.35. The van der Waals surface area contributed by atoms with E-state index < -0.39 is 5.91 Å². The molecule has 2 unspecified atom stereocenters. The molecule has 0 aliphatic heterocycles. The number of anilines is 1. The lowest BCUT2D eigenvalue weighted by molar-refractivity contribution is 0.100. The Morgan fingerprint density at radius 3 is 2.80 bits per heavy atom. The summed E-state index contributed by atoms with van der Waals surface area (Å²) in [5.74, 6) is 0.208. The lowest BCUT2D eigenvalue weighted by atomic mass is 9.91. The average molecular weight is 274 g/mol. The molecule has 108 valence electrons. The van der Waals surface area contributed by atoms with Gasteiger partial charge in [0, 0.05) is 17.8 Å². The number of primary amides is 1. The van der Waals surface area contributed by atoms with Crippen LogP contribution in [0.1, 0.15) is 53.7 Å². The standard InChI is InChI=1S/C15H22N4O/c16-11-5-1-2-6-13(11)19-15-10(14(17)20)8-9-4-3-7-12(9)18-15/h8,11,13H,1-7,16H2,(H2,17,20)(H,18,19). The Labute approximate surface area is 119 Å². The molecule has 0 aromatic carbocycles. The van der Waals surface area contributed by atoms with Crippen molar-refractivity contribution in [1.29, 1.82) is 0 Å². The van der Waals surface area contributed by atoms with Gasteiger partial charge in [0.1, 0.15) is 5.82 Å². The quantitative estimate of drug-likeness (QED) is 0.775. The van der Waals surface area contributed by atoms with Crippen LogP contribution in [0.4, 0.5) is 5.82 Å². The number of aryl methyl sites for hydroxylation is 2. The van der Waals surface area contributed by atoms with Gasteiger partial charge in [0.15, 0.2) is 0 Å². The summed E-state index contributed by atoms with van der Waals surface area (Å²) >= 11 is 0. The summed E-state index contributed by atoms with van der Waals surface area (Å²) < 4.78 is 0. The third-order valence-corrected chi connectivity index (χ3v) is 4.46. The van der Waals surface area contributed by atoms with Crippen molar-refractivity contribution in [3.63, 3.8) is 0 Å². The smallest absolute Gasteiger partial charge is 0.252 e. The number of amides is 1. The molecular weight excluding hydrogens is 252 g/mol. The second kappa shape index (κ2) is 5.40. The van der Waals surface area contributed by atoms with Crippen molar-refractivity contribution in [3.05, 3.63) is 22.9 Å². The number of aromatic nitrogens is 1. The number of fused-ring (bicyclic) bond motifs is 1. The molecule has 2 aliphatic rings. The Morgan fingerprint density at radius 1 is 1.25 bits per heavy atom. The molecule has 2 atom stereocenters. The van der Waals surface area contributed by atoms with E-state index >= 15 is 0 Å². The largest absolute Gasteiger partial charge is 0.365 e. The van der Waals surface area contributed by atoms with Crippen LogP contribution in [0.15, 0.2) is 6.07 Å². The van der Waals surface area contributed by atoms with Crippen molar-refractivity contribution in [2.45, 2.75) is 57.0 Å². The van der Waals surface area contributed by atoms with Gasteiger partial charge in [-0.15, -0.1) is 0 Å². The van der Waals surface area contributed by atoms with Gasteiger partial charge in [0.25, 0.3) is 5.91 Å². The number of carbonyl (C=O) groups excluding carboxylic acids is 1. The molecule has 3 rings (SSSR count). The van der Waals surface area contributed by atoms with Crippen molar-refractivity contribution in [2.24, 2.45) is 11.5 Å². The van der Waals surface area contributed by atoms with E-state index in [1.165, 1.54) is 12.8 Å². The van der Waals surface area contributed by atoms with Gasteiger partial charge in [-0.2, -0.15) is 0 Å². The molecule has 5 N–H and O–H groups in total. The summed E-state index contributed by atoms with van der Waals surface area (Å²) in [7, 11) is 0. The van der Waals surface area contributed by atoms with Gasteiger partial charge in [0.05, 0.1) is 5.56 Å². The first-order valence-electron chi connectivity index (χ1n) is 7.50. The normalized spacial score (nSPS) is 25.2. The van der Waals surface area contributed by atoms with Crippen LogP contribution in [0.25, 0.3) is 0 Å². The summed E-state index contributed by atoms with van der Waals surface area (Å²) in [4.78, 5) is 16.3. The molecule has 1 saturated carbocycles. The summed E-state index contributed by atoms with van der Waals surface area (Å²) in [5, 5.41) is 3.37. The van der Waals surface area contributed by atoms with Gasteiger partial charge in [-0.3, -0.25) is 4.79 Å². The summed E-state index contributed by atoms with van der Waals surface area (Å²) in [5.41, 5.74) is 14.4. The lowest BCUT2D eigenvalue weighted by Crippen LogP contribution is -2.43. The van der Waals surface area contributed by atoms with Crippen molar-refractivity contribution in [1.82, 2.24) is 4.98 Å². The summed E-state index contributed by atoms with van der Waals surface area (Å²) in [6.07, 6.45) is 7.48. The van der Waals surface area contributed by atoms with E-state index in [0.717, 1.165) is 43.4 Å². The van der Waals surface area contributed by atoms with Crippen molar-refractivity contribution < 1.29 is 4.79 Å². The van der Waals surface area contributed by atoms with Crippen molar-refractivity contribution >= 4 is 11.7 Å². The molecule has 0 bridgehead atoms. The summed E-state index contributed by atoms with van der Waals surface area (Å²) in [6, 6.07) is 2.22. The van der Waals surface area contributed by atoms with Crippen LogP contribution in [-0.4, -0.2) is 23.0 Å². The van der Waals surface area contributed by atoms with Crippen molar-refractivity contribution in [3.8, 4) is 0 Å². The number of nitrogens with zero attached hydrogens (tertiary/aromatic N) is 1. The first-order valence-corrected chi connectivity index (χ1v) is 7.50. The first kappa shape index (κ1) is 13.4. The number of hydrogen-bond acceptors (Lipinski definition) is 4. The Balaban J connectivity index is 1.89. The highest BCUT2D eigenvalue weighted by molar-refractivity contribution is 5.97. The highest BCUT2D eigenvalue weighted by atomic mass is 16.1. The fourth-order valence-electron chi connectivity index (χ4n) is 3.28. The zero-order valence-corrected chi connectivity index (χ0v) is 11.7. The molecule has 20 heavy (non-hydrogen) atoms. The van der Waals surface area contributed by atoms with Crippen LogP contribution in [0, 0.1) is 0 Å². The maximum absolute atomic E-state index is 11.7. The van der Waals surface area contributed by atoms with E-state index in [1.807, 2.05) is 6.07 Å². The Bertz CT molecular complexity index is 529. The van der Waals surface area contributed by atoms with E-state index in [2.05, 4.69) is 10.3 Å². The number of hydrogen-bond donors (Lipinski definition) is 3. The van der Waals surface area contributed by atoms with Crippen LogP contribution in [0.3, 0.4) is 0 Å². The first-order chi connectivity index (χ1) is 9.65. The highest BCUT2D eigenvalue weighted by Crippen LogP contribution is 2.27. The second-order valence-electron chi connectivity index (χ2n) is 5.91. The maximum Gasteiger partial charge on any atom is 0.252 e. The van der Waals surface area contributed by atoms with Crippen LogP contribution < -0.4 is 16.8 Å². The molecular formula is C15H22N4O. The SMILES string of the molecule is NC(=O)c1cc2c(nc1NC1CCCCC1N)CCC2. The number of nitrogens with two attached hydrogens (primary N) is 2. The minimum absolute atomic E-state index is 0.125. The number of rotatable bonds is 3. The minimum Gasteiger partial charge on any atom is -0.365 e. The van der Waals surface area contributed by atoms with E-state index in [1.54, 1.807) is 0 Å². The maximum atomic E-state index is 11.7. The van der Waals surface area contributed by atoms with Gasteiger partial charge in [-0.1, -0.05) is 12.8 Å². The lowest BCUT2D eigenvalue weighted by Gasteiger charge is -2.30. The van der Waals surface area contributed by atoms with E-state index in [-0.39, 0.29) is 12.1 Å². The molecule has 0 radical (unpaired) electrons. The van der Waals surface area contributed by atoms with Crippen molar-refractivity contribution in [2.75, 3.05) is 5.32 Å². The Morgan fingerprint density at radius 2 is 2.05 bits per heavy atom. The number of nitrogens with one attached hydrogen (secondary N) is 1. The van der Waals surface area contributed by atoms with Crippen LogP contribution in [0.5, 0.6) is 0 Å². The zero-order chi connectivity index (χ0) is 14.1. The average Bonchev–Trinajstić information content (AvgIpc) is 2.87. The van der Waals surface area contributed by atoms with E-state index in [9.17, 15) is 4.79 Å². The molecule has 0 saturated heterocycles. The van der Waals surface area contributed by atoms with Crippen LogP contribution in [-0.2, 0) is 12.8 Å².